The largest absolute Gasteiger partial charge is 0.356 e. The molecule has 10 heteroatoms. The minimum atomic E-state index is -0.472. The van der Waals surface area contributed by atoms with Crippen LogP contribution in [0, 0.1) is 10.1 Å². The first-order valence-corrected chi connectivity index (χ1v) is 12.8. The molecule has 10 nitrogen and oxygen atoms in total. The van der Waals surface area contributed by atoms with Crippen LogP contribution in [0.5, 0.6) is 0 Å². The second kappa shape index (κ2) is 11.2. The third-order valence-electron chi connectivity index (χ3n) is 6.62. The Morgan fingerprint density at radius 1 is 1.07 bits per heavy atom. The van der Waals surface area contributed by atoms with Gasteiger partial charge >= 0.3 is 0 Å². The number of hydrogen-bond donors (Lipinski definition) is 3. The van der Waals surface area contributed by atoms with E-state index in [0.29, 0.717) is 29.1 Å². The smallest absolute Gasteiger partial charge is 0.270 e. The number of anilines is 2. The molecule has 40 heavy (non-hydrogen) atoms. The number of amides is 2. The van der Waals surface area contributed by atoms with Crippen molar-refractivity contribution in [2.24, 2.45) is 7.05 Å². The molecule has 1 aliphatic heterocycles. The zero-order valence-corrected chi connectivity index (χ0v) is 22.1. The van der Waals surface area contributed by atoms with Crippen LogP contribution in [0.1, 0.15) is 30.0 Å². The molecule has 2 amide bonds. The molecule has 1 aromatic heterocycles. The number of nitro groups is 1. The molecule has 202 valence electrons. The Bertz CT molecular complexity index is 1620. The van der Waals surface area contributed by atoms with E-state index in [1.165, 1.54) is 19.1 Å². The van der Waals surface area contributed by atoms with Crippen LogP contribution < -0.4 is 16.0 Å². The van der Waals surface area contributed by atoms with Gasteiger partial charge in [-0.25, -0.2) is 4.98 Å². The van der Waals surface area contributed by atoms with Gasteiger partial charge in [0.05, 0.1) is 28.2 Å². The van der Waals surface area contributed by atoms with Gasteiger partial charge in [-0.1, -0.05) is 36.4 Å². The molecule has 3 N–H and O–H groups in total. The van der Waals surface area contributed by atoms with Crippen molar-refractivity contribution in [3.8, 4) is 11.3 Å². The van der Waals surface area contributed by atoms with Crippen LogP contribution in [0.3, 0.4) is 0 Å². The maximum absolute atomic E-state index is 13.2. The van der Waals surface area contributed by atoms with Gasteiger partial charge in [0.15, 0.2) is 0 Å². The monoisotopic (exact) mass is 536 g/mol. The lowest BCUT2D eigenvalue weighted by atomic mass is 9.98. The molecule has 3 aromatic carbocycles. The minimum Gasteiger partial charge on any atom is -0.356 e. The zero-order valence-electron chi connectivity index (χ0n) is 22.1. The third-order valence-corrected chi connectivity index (χ3v) is 6.62. The number of aromatic nitrogens is 2. The summed E-state index contributed by atoms with van der Waals surface area (Å²) in [5.41, 5.74) is 6.12. The fourth-order valence-corrected chi connectivity index (χ4v) is 4.62. The average molecular weight is 537 g/mol. The second-order valence-electron chi connectivity index (χ2n) is 9.60. The Labute approximate surface area is 230 Å². The Balaban J connectivity index is 1.51. The first-order valence-electron chi connectivity index (χ1n) is 12.8. The number of imidazole rings is 1. The Morgan fingerprint density at radius 3 is 2.48 bits per heavy atom. The topological polar surface area (TPSA) is 131 Å². The summed E-state index contributed by atoms with van der Waals surface area (Å²) in [4.78, 5) is 39.8. The molecule has 0 fully saturated rings. The summed E-state index contributed by atoms with van der Waals surface area (Å²) in [5, 5.41) is 20.5. The normalized spacial score (nSPS) is 13.4. The zero-order chi connectivity index (χ0) is 28.2. The highest BCUT2D eigenvalue weighted by molar-refractivity contribution is 6.37. The van der Waals surface area contributed by atoms with Gasteiger partial charge in [-0.15, -0.1) is 0 Å². The van der Waals surface area contributed by atoms with Crippen LogP contribution in [-0.4, -0.2) is 32.8 Å². The number of nitrogens with one attached hydrogen (secondary N) is 3. The number of fused-ring (bicyclic) bond motifs is 1. The highest BCUT2D eigenvalue weighted by atomic mass is 16.6. The van der Waals surface area contributed by atoms with Gasteiger partial charge in [-0.2, -0.15) is 0 Å². The molecule has 5 rings (SSSR count). The van der Waals surface area contributed by atoms with Gasteiger partial charge in [0.2, 0.25) is 5.91 Å². The van der Waals surface area contributed by atoms with Crippen molar-refractivity contribution in [2.75, 3.05) is 17.2 Å². The van der Waals surface area contributed by atoms with E-state index in [1.54, 1.807) is 12.4 Å². The number of aryl methyl sites for hydroxylation is 2. The van der Waals surface area contributed by atoms with E-state index < -0.39 is 4.92 Å². The number of benzene rings is 3. The van der Waals surface area contributed by atoms with Crippen LogP contribution in [0.2, 0.25) is 0 Å². The van der Waals surface area contributed by atoms with Gasteiger partial charge < -0.3 is 20.5 Å². The molecule has 0 saturated heterocycles. The number of non-ortho nitro benzene ring substituents is 1. The molecular weight excluding hydrogens is 508 g/mol. The van der Waals surface area contributed by atoms with Crippen LogP contribution in [0.25, 0.3) is 22.5 Å². The van der Waals surface area contributed by atoms with E-state index in [-0.39, 0.29) is 17.5 Å². The fourth-order valence-electron chi connectivity index (χ4n) is 4.62. The molecule has 0 unspecified atom stereocenters. The van der Waals surface area contributed by atoms with E-state index >= 15 is 0 Å². The van der Waals surface area contributed by atoms with Gasteiger partial charge in [0, 0.05) is 61.3 Å². The van der Waals surface area contributed by atoms with Crippen molar-refractivity contribution in [1.29, 1.82) is 0 Å². The quantitative estimate of drug-likeness (QED) is 0.119. The lowest BCUT2D eigenvalue weighted by Gasteiger charge is -2.16. The molecule has 1 aliphatic rings. The Kier molecular flexibility index (Phi) is 7.41. The van der Waals surface area contributed by atoms with Crippen molar-refractivity contribution in [1.82, 2.24) is 14.9 Å². The molecule has 2 heterocycles. The summed E-state index contributed by atoms with van der Waals surface area (Å²) in [6, 6.07) is 19.9. The maximum Gasteiger partial charge on any atom is 0.270 e. The number of rotatable bonds is 9. The highest BCUT2D eigenvalue weighted by Crippen LogP contribution is 2.39. The van der Waals surface area contributed by atoms with Gasteiger partial charge in [0.1, 0.15) is 0 Å². The number of nitrogens with zero attached hydrogens (tertiary/aromatic N) is 3. The van der Waals surface area contributed by atoms with Crippen molar-refractivity contribution >= 4 is 40.1 Å². The van der Waals surface area contributed by atoms with E-state index in [4.69, 9.17) is 0 Å². The molecule has 0 bridgehead atoms. The SMILES string of the molecule is CC(=O)NCCCc1ccc(C(Nc2ccc(-c3cn(C)cn3)cc2)=C2C(=O)Nc3ccc([N+](=O)[O-])cc32)cc1. The number of carbonyl (C=O) groups is 2. The van der Waals surface area contributed by atoms with Crippen LogP contribution >= 0.6 is 0 Å². The highest BCUT2D eigenvalue weighted by Gasteiger charge is 2.30. The predicted molar refractivity (Wildman–Crippen MR) is 154 cm³/mol. The molecule has 0 aliphatic carbocycles. The lowest BCUT2D eigenvalue weighted by molar-refractivity contribution is -0.384. The summed E-state index contributed by atoms with van der Waals surface area (Å²) in [7, 11) is 1.91. The summed E-state index contributed by atoms with van der Waals surface area (Å²) in [5.74, 6) is -0.399. The number of hydrogen-bond acceptors (Lipinski definition) is 6. The summed E-state index contributed by atoms with van der Waals surface area (Å²) in [6.07, 6.45) is 5.25. The second-order valence-corrected chi connectivity index (χ2v) is 9.60. The molecule has 0 spiro atoms. The Hall–Kier alpha value is -5.25. The minimum absolute atomic E-state index is 0.0545. The summed E-state index contributed by atoms with van der Waals surface area (Å²) >= 11 is 0. The van der Waals surface area contributed by atoms with Crippen LogP contribution in [0.4, 0.5) is 17.1 Å². The molecule has 4 aromatic rings. The average Bonchev–Trinajstić information content (AvgIpc) is 3.52. The van der Waals surface area contributed by atoms with Gasteiger partial charge in [-0.3, -0.25) is 19.7 Å². The van der Waals surface area contributed by atoms with E-state index in [0.717, 1.165) is 40.9 Å². The molecular formula is C30H28N6O4. The van der Waals surface area contributed by atoms with Gasteiger partial charge in [-0.05, 0) is 42.2 Å². The summed E-state index contributed by atoms with van der Waals surface area (Å²) in [6.45, 7) is 2.09. The molecule has 0 atom stereocenters. The van der Waals surface area contributed by atoms with Crippen molar-refractivity contribution < 1.29 is 14.5 Å². The van der Waals surface area contributed by atoms with E-state index in [2.05, 4.69) is 20.9 Å². The number of carbonyl (C=O) groups excluding carboxylic acids is 2. The summed E-state index contributed by atoms with van der Waals surface area (Å²) < 4.78 is 1.88. The standard InChI is InChI=1S/C30H28N6O4/c1-19(37)31-15-3-4-20-5-7-22(8-6-20)29(28-25-16-24(36(39)40)13-14-26(25)34-30(28)38)33-23-11-9-21(10-12-23)27-17-35(2)18-32-27/h5-14,16-18,33H,3-4,15H2,1-2H3,(H,31,37)(H,34,38). The van der Waals surface area contributed by atoms with Crippen molar-refractivity contribution in [3.63, 3.8) is 0 Å². The molecule has 0 radical (unpaired) electrons. The van der Waals surface area contributed by atoms with E-state index in [9.17, 15) is 19.7 Å². The van der Waals surface area contributed by atoms with Crippen LogP contribution in [-0.2, 0) is 23.1 Å². The first-order chi connectivity index (χ1) is 19.3. The predicted octanol–water partition coefficient (Wildman–Crippen LogP) is 5.00. The van der Waals surface area contributed by atoms with Gasteiger partial charge in [0.25, 0.3) is 11.6 Å². The first kappa shape index (κ1) is 26.4. The van der Waals surface area contributed by atoms with Crippen molar-refractivity contribution in [2.45, 2.75) is 19.8 Å². The molecule has 0 saturated carbocycles. The maximum atomic E-state index is 13.2. The van der Waals surface area contributed by atoms with Crippen LogP contribution in [0.15, 0.2) is 79.3 Å². The fraction of sp³-hybridized carbons (Fsp3) is 0.167. The third kappa shape index (κ3) is 5.75. The lowest BCUT2D eigenvalue weighted by Crippen LogP contribution is -2.21. The Morgan fingerprint density at radius 2 is 1.82 bits per heavy atom. The number of nitro benzene ring substituents is 1. The van der Waals surface area contributed by atoms with Crippen molar-refractivity contribution in [3.05, 3.63) is 106 Å². The van der Waals surface area contributed by atoms with E-state index in [1.807, 2.05) is 66.3 Å².